The summed E-state index contributed by atoms with van der Waals surface area (Å²) in [6.45, 7) is 4.25. The van der Waals surface area contributed by atoms with E-state index in [0.717, 1.165) is 34.1 Å². The molecule has 0 saturated heterocycles. The maximum absolute atomic E-state index is 2.40. The number of fused-ring (bicyclic) bond motifs is 8. The van der Waals surface area contributed by atoms with E-state index in [1.54, 1.807) is 0 Å². The van der Waals surface area contributed by atoms with E-state index in [0.29, 0.717) is 0 Å². The van der Waals surface area contributed by atoms with Gasteiger partial charge in [0, 0.05) is 79.9 Å². The highest BCUT2D eigenvalue weighted by molar-refractivity contribution is 7.26. The quantitative estimate of drug-likeness (QED) is 0.169. The first-order valence-electron chi connectivity index (χ1n) is 18.3. The van der Waals surface area contributed by atoms with Gasteiger partial charge < -0.3 is 9.80 Å². The van der Waals surface area contributed by atoms with Crippen molar-refractivity contribution in [3.05, 3.63) is 182 Å². The van der Waals surface area contributed by atoms with Gasteiger partial charge in [-0.25, -0.2) is 0 Å². The van der Waals surface area contributed by atoms with E-state index in [4.69, 9.17) is 0 Å². The average Bonchev–Trinajstić information content (AvgIpc) is 3.78. The van der Waals surface area contributed by atoms with Crippen molar-refractivity contribution in [1.82, 2.24) is 0 Å². The van der Waals surface area contributed by atoms with Crippen molar-refractivity contribution in [3.63, 3.8) is 0 Å². The fourth-order valence-electron chi connectivity index (χ4n) is 7.29. The predicted octanol–water partition coefficient (Wildman–Crippen LogP) is 15.9. The lowest BCUT2D eigenvalue weighted by atomic mass is 10.0. The molecule has 4 heteroatoms. The van der Waals surface area contributed by atoms with E-state index in [1.165, 1.54) is 57.5 Å². The summed E-state index contributed by atoms with van der Waals surface area (Å²) in [7, 11) is 0. The number of anilines is 6. The van der Waals surface area contributed by atoms with Gasteiger partial charge in [0.05, 0.1) is 0 Å². The van der Waals surface area contributed by atoms with Gasteiger partial charge >= 0.3 is 0 Å². The minimum absolute atomic E-state index is 1.14. The van der Waals surface area contributed by atoms with Crippen LogP contribution in [0.5, 0.6) is 0 Å². The molecule has 0 aliphatic rings. The molecule has 53 heavy (non-hydrogen) atoms. The molecule has 0 aliphatic carbocycles. The topological polar surface area (TPSA) is 6.48 Å². The summed E-state index contributed by atoms with van der Waals surface area (Å²) in [5.41, 5.74) is 6.86. The summed E-state index contributed by atoms with van der Waals surface area (Å²) in [4.78, 5) is 4.73. The Hall–Kier alpha value is -5.94. The molecule has 256 valence electrons. The summed E-state index contributed by atoms with van der Waals surface area (Å²) in [5.74, 6) is 0. The zero-order chi connectivity index (χ0) is 35.7. The molecule has 2 heterocycles. The van der Waals surface area contributed by atoms with Crippen LogP contribution in [-0.2, 0) is 0 Å². The largest absolute Gasteiger partial charge is 0.310 e. The summed E-state index contributed by atoms with van der Waals surface area (Å²) in [5, 5.41) is 7.75. The van der Waals surface area contributed by atoms with E-state index in [1.807, 2.05) is 22.7 Å². The van der Waals surface area contributed by atoms with Crippen LogP contribution in [-0.4, -0.2) is 0 Å². The predicted molar refractivity (Wildman–Crippen MR) is 235 cm³/mol. The van der Waals surface area contributed by atoms with E-state index in [-0.39, 0.29) is 0 Å². The third-order valence-electron chi connectivity index (χ3n) is 9.60. The van der Waals surface area contributed by atoms with Gasteiger partial charge in [0.1, 0.15) is 0 Å². The van der Waals surface area contributed by atoms with Gasteiger partial charge in [-0.1, -0.05) is 117 Å². The lowest BCUT2D eigenvalue weighted by Crippen LogP contribution is -2.09. The maximum atomic E-state index is 2.40. The molecule has 10 rings (SSSR count). The van der Waals surface area contributed by atoms with Crippen molar-refractivity contribution in [3.8, 4) is 0 Å². The molecule has 10 aromatic rings. The summed E-state index contributed by atoms with van der Waals surface area (Å²) in [6.07, 6.45) is 1.25. The standard InChI is InChI=1S/C46H30N2S2.C3H8/c1-4-12-32(13-5-1)47(33-14-6-2-7-15-33)36-24-27-44-42(29-36)39-26-23-37(30-45(39)49-44)48(34-16-8-3-9-17-34)35-22-20-31-21-25-40-38-18-10-11-19-43(38)50-46(40)41(31)28-35;1-3-2/h1-30H;3H2,1-2H3. The van der Waals surface area contributed by atoms with Crippen molar-refractivity contribution in [2.24, 2.45) is 0 Å². The minimum atomic E-state index is 1.14. The Labute approximate surface area is 318 Å². The second kappa shape index (κ2) is 14.2. The third kappa shape index (κ3) is 6.10. The molecule has 0 radical (unpaired) electrons. The monoisotopic (exact) mass is 718 g/mol. The van der Waals surface area contributed by atoms with Crippen molar-refractivity contribution < 1.29 is 0 Å². The molecule has 0 bridgehead atoms. The Morgan fingerprint density at radius 3 is 1.45 bits per heavy atom. The van der Waals surface area contributed by atoms with Gasteiger partial charge in [0.25, 0.3) is 0 Å². The summed E-state index contributed by atoms with van der Waals surface area (Å²) < 4.78 is 5.23. The van der Waals surface area contributed by atoms with Gasteiger partial charge in [0.2, 0.25) is 0 Å². The number of nitrogens with zero attached hydrogens (tertiary/aromatic N) is 2. The van der Waals surface area contributed by atoms with Crippen molar-refractivity contribution >= 4 is 108 Å². The van der Waals surface area contributed by atoms with Gasteiger partial charge in [-0.05, 0) is 90.3 Å². The lowest BCUT2D eigenvalue weighted by molar-refractivity contribution is 1.09. The fraction of sp³-hybridized carbons (Fsp3) is 0.0612. The zero-order valence-corrected chi connectivity index (χ0v) is 31.4. The molecular weight excluding hydrogens is 681 g/mol. The summed E-state index contributed by atoms with van der Waals surface area (Å²) in [6, 6.07) is 66.0. The van der Waals surface area contributed by atoms with Crippen LogP contribution in [0.2, 0.25) is 0 Å². The Morgan fingerprint density at radius 2 is 0.792 bits per heavy atom. The van der Waals surface area contributed by atoms with Crippen LogP contribution in [0, 0.1) is 0 Å². The summed E-state index contributed by atoms with van der Waals surface area (Å²) >= 11 is 3.75. The zero-order valence-electron chi connectivity index (χ0n) is 29.7. The molecule has 0 unspecified atom stereocenters. The fourth-order valence-corrected chi connectivity index (χ4v) is 9.64. The Morgan fingerprint density at radius 1 is 0.340 bits per heavy atom. The molecule has 8 aromatic carbocycles. The van der Waals surface area contributed by atoms with Crippen LogP contribution in [0.15, 0.2) is 182 Å². The van der Waals surface area contributed by atoms with Gasteiger partial charge in [-0.15, -0.1) is 22.7 Å². The Balaban J connectivity index is 0.00000120. The van der Waals surface area contributed by atoms with Crippen LogP contribution in [0.4, 0.5) is 34.1 Å². The highest BCUT2D eigenvalue weighted by Gasteiger charge is 2.18. The molecule has 0 N–H and O–H groups in total. The molecule has 0 atom stereocenters. The molecule has 0 fully saturated rings. The second-order valence-electron chi connectivity index (χ2n) is 13.3. The van der Waals surface area contributed by atoms with E-state index in [9.17, 15) is 0 Å². The van der Waals surface area contributed by atoms with Crippen LogP contribution in [0.25, 0.3) is 51.1 Å². The second-order valence-corrected chi connectivity index (χ2v) is 15.4. The van der Waals surface area contributed by atoms with Crippen LogP contribution in [0.3, 0.4) is 0 Å². The number of hydrogen-bond acceptors (Lipinski definition) is 4. The van der Waals surface area contributed by atoms with Crippen molar-refractivity contribution in [2.75, 3.05) is 9.80 Å². The average molecular weight is 719 g/mol. The molecule has 0 amide bonds. The maximum Gasteiger partial charge on any atom is 0.0476 e. The smallest absolute Gasteiger partial charge is 0.0476 e. The van der Waals surface area contributed by atoms with Crippen LogP contribution < -0.4 is 9.80 Å². The van der Waals surface area contributed by atoms with E-state index >= 15 is 0 Å². The third-order valence-corrected chi connectivity index (χ3v) is 12.0. The van der Waals surface area contributed by atoms with E-state index in [2.05, 4.69) is 206 Å². The highest BCUT2D eigenvalue weighted by atomic mass is 32.1. The molecule has 0 spiro atoms. The minimum Gasteiger partial charge on any atom is -0.310 e. The van der Waals surface area contributed by atoms with Crippen molar-refractivity contribution in [2.45, 2.75) is 20.3 Å². The normalized spacial score (nSPS) is 11.3. The van der Waals surface area contributed by atoms with E-state index < -0.39 is 0 Å². The van der Waals surface area contributed by atoms with Crippen molar-refractivity contribution in [1.29, 1.82) is 0 Å². The first-order valence-corrected chi connectivity index (χ1v) is 19.9. The SMILES string of the molecule is CCC.c1ccc(N(c2ccccc2)c2ccc3sc4cc(N(c5ccccc5)c5ccc6ccc7c8ccccc8sc7c6c5)ccc4c3c2)cc1. The van der Waals surface area contributed by atoms with Gasteiger partial charge in [-0.2, -0.15) is 0 Å². The van der Waals surface area contributed by atoms with Gasteiger partial charge in [0.15, 0.2) is 0 Å². The molecular formula is C49H38N2S2. The molecule has 2 nitrogen and oxygen atoms in total. The highest BCUT2D eigenvalue weighted by Crippen LogP contribution is 2.45. The first kappa shape index (κ1) is 32.9. The number of hydrogen-bond donors (Lipinski definition) is 0. The number of rotatable bonds is 6. The number of para-hydroxylation sites is 3. The number of benzene rings is 8. The van der Waals surface area contributed by atoms with Gasteiger partial charge in [-0.3, -0.25) is 0 Å². The molecule has 0 aliphatic heterocycles. The molecule has 0 saturated carbocycles. The lowest BCUT2D eigenvalue weighted by Gasteiger charge is -2.26. The van der Waals surface area contributed by atoms with Crippen LogP contribution >= 0.6 is 22.7 Å². The molecule has 2 aromatic heterocycles. The Kier molecular flexibility index (Phi) is 8.84. The first-order chi connectivity index (χ1) is 26.2. The number of thiophene rings is 2. The Bertz CT molecular complexity index is 2800. The van der Waals surface area contributed by atoms with Crippen LogP contribution in [0.1, 0.15) is 20.3 Å².